The third-order valence-corrected chi connectivity index (χ3v) is 19.1. The predicted octanol–water partition coefficient (Wildman–Crippen LogP) is 23.2. The second-order valence-corrected chi connectivity index (χ2v) is 33.3. The van der Waals surface area contributed by atoms with Crippen molar-refractivity contribution in [2.45, 2.75) is 343 Å². The van der Waals surface area contributed by atoms with Gasteiger partial charge in [-0.1, -0.05) is 269 Å². The van der Waals surface area contributed by atoms with Crippen molar-refractivity contribution < 1.29 is 81.0 Å². The van der Waals surface area contributed by atoms with Crippen molar-refractivity contribution >= 4 is 111 Å². The maximum absolute atomic E-state index is 12.3. The second kappa shape index (κ2) is 89.4. The number of unbranched alkanes of at least 4 members (excludes halogenated alkanes) is 12. The molecule has 0 heterocycles. The maximum Gasteiger partial charge on any atom is 0.374 e. The number of ketones is 1. The summed E-state index contributed by atoms with van der Waals surface area (Å²) in [6.07, 6.45) is 24.6. The number of alkyl halides is 4. The van der Waals surface area contributed by atoms with Crippen LogP contribution in [0.5, 0.6) is 0 Å². The van der Waals surface area contributed by atoms with E-state index in [0.29, 0.717) is 45.5 Å². The zero-order chi connectivity index (χ0) is 77.7. The highest BCUT2D eigenvalue weighted by molar-refractivity contribution is 9.10. The first-order valence-corrected chi connectivity index (χ1v) is 39.3. The van der Waals surface area contributed by atoms with Crippen molar-refractivity contribution in [3.05, 3.63) is 12.2 Å². The van der Waals surface area contributed by atoms with Gasteiger partial charge in [-0.3, -0.25) is 33.6 Å². The lowest BCUT2D eigenvalue weighted by Crippen LogP contribution is -2.34. The molecule has 0 aromatic carbocycles. The van der Waals surface area contributed by atoms with Crippen LogP contribution in [0.3, 0.4) is 0 Å². The molecule has 0 saturated heterocycles. The minimum atomic E-state index is -0.792. The summed E-state index contributed by atoms with van der Waals surface area (Å²) in [7, 11) is 17.3. The Bertz CT molecular complexity index is 2040. The first-order valence-electron chi connectivity index (χ1n) is 35.9. The van der Waals surface area contributed by atoms with Gasteiger partial charge < -0.3 is 57.3 Å². The van der Waals surface area contributed by atoms with Gasteiger partial charge in [0.05, 0.1) is 72.8 Å². The number of hydrogen-bond acceptors (Lipinski definition) is 20. The topological polar surface area (TPSA) is 229 Å². The quantitative estimate of drug-likeness (QED) is 0.0138. The van der Waals surface area contributed by atoms with E-state index in [0.717, 1.165) is 136 Å². The van der Waals surface area contributed by atoms with Crippen LogP contribution in [0.2, 0.25) is 0 Å². The normalized spacial score (nSPS) is 12.7. The van der Waals surface area contributed by atoms with E-state index in [1.807, 2.05) is 48.5 Å². The number of halogens is 4. The fourth-order valence-electron chi connectivity index (χ4n) is 8.61. The number of hydrogen-bond donors (Lipinski definition) is 0. The molecule has 668 valence electrons. The number of Topliss-reactive ketones (excluding diaryl/α,β-unsaturated/α-hetero) is 1. The summed E-state index contributed by atoms with van der Waals surface area (Å²) in [4.78, 5) is 96.3. The number of carbonyl (C=O) groups excluding carboxylic acids is 8. The van der Waals surface area contributed by atoms with E-state index in [4.69, 9.17) is 28.4 Å². The first-order chi connectivity index (χ1) is 46.2. The predicted molar refractivity (Wildman–Crippen MR) is 485 cm³/mol. The van der Waals surface area contributed by atoms with E-state index in [2.05, 4.69) is 169 Å². The summed E-state index contributed by atoms with van der Waals surface area (Å²) >= 11 is 13.2. The minimum absolute atomic E-state index is 0. The van der Waals surface area contributed by atoms with Gasteiger partial charge in [0.2, 0.25) is 5.78 Å². The van der Waals surface area contributed by atoms with Gasteiger partial charge in [0.25, 0.3) is 0 Å². The summed E-state index contributed by atoms with van der Waals surface area (Å²) in [5.74, 6) is -2.97. The molecule has 0 spiro atoms. The summed E-state index contributed by atoms with van der Waals surface area (Å²) < 4.78 is 43.7. The molecule has 0 saturated carbocycles. The van der Waals surface area contributed by atoms with E-state index in [9.17, 15) is 38.4 Å². The van der Waals surface area contributed by atoms with Crippen LogP contribution in [0, 0.1) is 16.2 Å². The Kier molecular flexibility index (Phi) is 119. The number of ether oxygens (including phenoxy) is 9. The summed E-state index contributed by atoms with van der Waals surface area (Å²) in [6, 6.07) is 0. The molecule has 0 aliphatic heterocycles. The lowest BCUT2D eigenvalue weighted by atomic mass is 9.71. The van der Waals surface area contributed by atoms with Gasteiger partial charge in [0.1, 0.15) is 18.3 Å². The fourth-order valence-corrected chi connectivity index (χ4v) is 11.0. The van der Waals surface area contributed by atoms with Crippen molar-refractivity contribution in [2.24, 2.45) is 16.2 Å². The SMILES string of the molecule is C.C.C.C.C.C.C.C.C.C.C=C(C)COCCCCCC.CCCCCCOC(=O)C(C)(Br)CCCC(C)(Br)C(=O)OCCCCCC.CCCCCCOCC(C)(CCC(C)(C)C(=O)OC)CCC(C)(CC)C(=O)OC.CN(C)CCN(C)CCN(C)C.COC(=O)C(Br)CC(Br)C(=O)OC.COC(=O)C(C)=O. The molecular weight excluding hydrogens is 1650 g/mol. The highest BCUT2D eigenvalue weighted by Gasteiger charge is 2.39. The molecule has 0 amide bonds. The van der Waals surface area contributed by atoms with Crippen molar-refractivity contribution in [2.75, 3.05) is 137 Å². The van der Waals surface area contributed by atoms with Crippen LogP contribution in [0.1, 0.15) is 325 Å². The molecule has 109 heavy (non-hydrogen) atoms. The van der Waals surface area contributed by atoms with Crippen molar-refractivity contribution in [1.29, 1.82) is 0 Å². The summed E-state index contributed by atoms with van der Waals surface area (Å²) in [6.45, 7) is 37.9. The Morgan fingerprint density at radius 3 is 1.03 bits per heavy atom. The van der Waals surface area contributed by atoms with Crippen LogP contribution in [0.15, 0.2) is 12.2 Å². The fraction of sp³-hybridized carbons (Fsp3) is 0.882. The Labute approximate surface area is 710 Å². The number of nitrogens with zero attached hydrogens (tertiary/aromatic N) is 3. The maximum atomic E-state index is 12.3. The summed E-state index contributed by atoms with van der Waals surface area (Å²) in [5.41, 5.74) is -0.0243. The van der Waals surface area contributed by atoms with Gasteiger partial charge in [0, 0.05) is 46.3 Å². The van der Waals surface area contributed by atoms with Crippen LogP contribution in [0.4, 0.5) is 0 Å². The van der Waals surface area contributed by atoms with Crippen LogP contribution >= 0.6 is 63.7 Å². The smallest absolute Gasteiger partial charge is 0.374 e. The Hall–Kier alpha value is -2.58. The highest BCUT2D eigenvalue weighted by Crippen LogP contribution is 2.40. The molecule has 0 aromatic rings. The molecular formula is C85H183Br4N3O17. The van der Waals surface area contributed by atoms with Gasteiger partial charge >= 0.3 is 41.8 Å². The monoisotopic (exact) mass is 1830 g/mol. The van der Waals surface area contributed by atoms with Crippen molar-refractivity contribution in [3.63, 3.8) is 0 Å². The number of rotatable bonds is 50. The Balaban J connectivity index is -0.0000000708. The lowest BCUT2D eigenvalue weighted by molar-refractivity contribution is -0.153. The highest BCUT2D eigenvalue weighted by atomic mass is 79.9. The van der Waals surface area contributed by atoms with Gasteiger partial charge in [-0.25, -0.2) is 4.79 Å². The van der Waals surface area contributed by atoms with Crippen LogP contribution < -0.4 is 0 Å². The third kappa shape index (κ3) is 87.7. The van der Waals surface area contributed by atoms with Gasteiger partial charge in [-0.15, -0.1) is 0 Å². The van der Waals surface area contributed by atoms with Crippen LogP contribution in [-0.4, -0.2) is 217 Å². The van der Waals surface area contributed by atoms with Gasteiger partial charge in [0.15, 0.2) is 0 Å². The van der Waals surface area contributed by atoms with Crippen molar-refractivity contribution in [3.8, 4) is 0 Å². The molecule has 0 fully saturated rings. The average molecular weight is 1840 g/mol. The van der Waals surface area contributed by atoms with E-state index >= 15 is 0 Å². The number of esters is 7. The Morgan fingerprint density at radius 2 is 0.743 bits per heavy atom. The molecule has 24 heteroatoms. The van der Waals surface area contributed by atoms with Crippen LogP contribution in [-0.2, 0) is 81.0 Å². The number of likely N-dealkylation sites (N-methyl/N-ethyl adjacent to an activating group) is 3. The average Bonchev–Trinajstić information content (AvgIpc) is 0.840. The molecule has 0 N–H and O–H groups in total. The first kappa shape index (κ1) is 145. The van der Waals surface area contributed by atoms with Crippen molar-refractivity contribution in [1.82, 2.24) is 14.7 Å². The largest absolute Gasteiger partial charge is 0.469 e. The third-order valence-electron chi connectivity index (χ3n) is 16.2. The van der Waals surface area contributed by atoms with Gasteiger partial charge in [-0.05, 0) is 166 Å². The van der Waals surface area contributed by atoms with Gasteiger partial charge in [-0.2, -0.15) is 0 Å². The zero-order valence-electron chi connectivity index (χ0n) is 66.4. The standard InChI is InChI=1S/C24H46O5.C21H38Br2O4.C10H20O.C9H23N3.C7H10Br2O4.C4H6O3.10CH4/c1-9-11-12-13-18-29-19-23(5,15-14-22(3,4)20(25)27-7)16-17-24(6,10-2)21(26)28-8;1-5-7-9-11-16-26-18(24)20(3,22)14-13-15-21(4,23)19(25)27-17-12-10-8-6-2;1-4-5-6-7-8-11-9-10(2)3;1-10(2)6-8-12(5)9-7-11(3)4;1-12-6(10)4(8)3-5(9)7(11)13-2;1-3(5)4(6)7-2;;;;;;;;;;/h9-19H2,1-8H3;5-17H2,1-4H3;2,4-9H2,1,3H3;6-9H2,1-5H3;4-5H,3H2,1-2H3;1-2H3;10*1H4. The molecule has 6 atom stereocenters. The molecule has 20 nitrogen and oxygen atoms in total. The molecule has 0 aromatic heterocycles. The lowest BCUT2D eigenvalue weighted by Gasteiger charge is -2.36. The van der Waals surface area contributed by atoms with E-state index in [-0.39, 0.29) is 104 Å². The number of methoxy groups -OCH3 is 5. The molecule has 0 radical (unpaired) electrons. The number of carbonyl (C=O) groups is 8. The summed E-state index contributed by atoms with van der Waals surface area (Å²) in [5, 5.41) is 0. The van der Waals surface area contributed by atoms with E-state index in [1.165, 1.54) is 93.3 Å². The molecule has 0 aliphatic rings. The minimum Gasteiger partial charge on any atom is -0.469 e. The molecule has 0 rings (SSSR count). The Morgan fingerprint density at radius 1 is 0.404 bits per heavy atom. The molecule has 6 unspecified atom stereocenters. The zero-order valence-corrected chi connectivity index (χ0v) is 72.7. The van der Waals surface area contributed by atoms with E-state index < -0.39 is 52.8 Å². The van der Waals surface area contributed by atoms with Crippen LogP contribution in [0.25, 0.3) is 0 Å². The molecule has 0 aliphatic carbocycles. The molecule has 0 bridgehead atoms. The van der Waals surface area contributed by atoms with E-state index in [1.54, 1.807) is 0 Å². The second-order valence-electron chi connectivity index (χ2n) is 27.6.